The average molecular weight is 349 g/mol. The summed E-state index contributed by atoms with van der Waals surface area (Å²) in [6, 6.07) is 9.76. The van der Waals surface area contributed by atoms with Crippen molar-refractivity contribution in [2.75, 3.05) is 0 Å². The van der Waals surface area contributed by atoms with Gasteiger partial charge >= 0.3 is 5.97 Å². The molecule has 7 heteroatoms. The summed E-state index contributed by atoms with van der Waals surface area (Å²) in [5, 5.41) is 0.492. The van der Waals surface area contributed by atoms with E-state index in [1.165, 1.54) is 18.2 Å². The van der Waals surface area contributed by atoms with Crippen molar-refractivity contribution in [3.05, 3.63) is 65.0 Å². The molecule has 0 radical (unpaired) electrons. The molecule has 130 valence electrons. The zero-order chi connectivity index (χ0) is 18.4. The molecule has 0 saturated heterocycles. The Balaban J connectivity index is 1.60. The molecule has 1 aliphatic heterocycles. The van der Waals surface area contributed by atoms with Crippen molar-refractivity contribution in [2.24, 2.45) is 0 Å². The summed E-state index contributed by atoms with van der Waals surface area (Å²) in [7, 11) is 0. The number of benzene rings is 1. The molecule has 2 aromatic heterocycles. The average Bonchev–Trinajstić information content (AvgIpc) is 3.16. The zero-order valence-electron chi connectivity index (χ0n) is 14.1. The lowest BCUT2D eigenvalue weighted by Gasteiger charge is -2.11. The highest BCUT2D eigenvalue weighted by atomic mass is 16.7. The maximum Gasteiger partial charge on any atom is 0.380 e. The zero-order valence-corrected chi connectivity index (χ0v) is 14.1. The molecule has 2 amide bonds. The Kier molecular flexibility index (Phi) is 3.57. The molecule has 0 fully saturated rings. The molecule has 0 aliphatic carbocycles. The number of nitrogens with zero attached hydrogens (tertiary/aromatic N) is 2. The highest BCUT2D eigenvalue weighted by molar-refractivity contribution is 6.21. The molecule has 0 bridgehead atoms. The first kappa shape index (κ1) is 16.0. The Hall–Kier alpha value is -3.48. The van der Waals surface area contributed by atoms with Crippen molar-refractivity contribution in [1.82, 2.24) is 15.0 Å². The second-order valence-corrected chi connectivity index (χ2v) is 6.37. The number of hydrogen-bond donors (Lipinski definition) is 1. The van der Waals surface area contributed by atoms with Crippen LogP contribution in [0.4, 0.5) is 0 Å². The number of hydrogen-bond acceptors (Lipinski definition) is 5. The monoisotopic (exact) mass is 349 g/mol. The van der Waals surface area contributed by atoms with E-state index >= 15 is 0 Å². The van der Waals surface area contributed by atoms with Gasteiger partial charge in [0.15, 0.2) is 0 Å². The lowest BCUT2D eigenvalue weighted by Crippen LogP contribution is -2.32. The summed E-state index contributed by atoms with van der Waals surface area (Å²) in [5.74, 6) is -1.85. The van der Waals surface area contributed by atoms with E-state index in [0.29, 0.717) is 22.0 Å². The van der Waals surface area contributed by atoms with E-state index in [4.69, 9.17) is 4.84 Å². The van der Waals surface area contributed by atoms with E-state index in [2.05, 4.69) is 9.97 Å². The van der Waals surface area contributed by atoms with Gasteiger partial charge in [-0.05, 0) is 35.7 Å². The van der Waals surface area contributed by atoms with Crippen LogP contribution in [0.25, 0.3) is 11.0 Å². The summed E-state index contributed by atoms with van der Waals surface area (Å²) in [5.41, 5.74) is 2.86. The quantitative estimate of drug-likeness (QED) is 0.734. The van der Waals surface area contributed by atoms with Gasteiger partial charge in [0.1, 0.15) is 5.69 Å². The largest absolute Gasteiger partial charge is 0.380 e. The maximum atomic E-state index is 12.4. The number of carbonyl (C=O) groups excluding carboxylic acids is 3. The fourth-order valence-electron chi connectivity index (χ4n) is 2.83. The van der Waals surface area contributed by atoms with Crippen molar-refractivity contribution in [2.45, 2.75) is 19.8 Å². The number of pyridine rings is 1. The highest BCUT2D eigenvalue weighted by Gasteiger charge is 2.39. The predicted molar refractivity (Wildman–Crippen MR) is 92.5 cm³/mol. The van der Waals surface area contributed by atoms with Crippen LogP contribution in [0.2, 0.25) is 0 Å². The Bertz CT molecular complexity index is 1030. The Morgan fingerprint density at radius 1 is 1.12 bits per heavy atom. The summed E-state index contributed by atoms with van der Waals surface area (Å²) in [6.45, 7) is 4.09. The molecular weight excluding hydrogens is 334 g/mol. The molecule has 4 rings (SSSR count). The molecule has 1 aromatic carbocycles. The number of rotatable bonds is 3. The van der Waals surface area contributed by atoms with Crippen LogP contribution in [0.5, 0.6) is 0 Å². The number of fused-ring (bicyclic) bond motifs is 2. The normalized spacial score (nSPS) is 13.6. The van der Waals surface area contributed by atoms with E-state index in [0.717, 1.165) is 5.56 Å². The van der Waals surface area contributed by atoms with Crippen molar-refractivity contribution in [1.29, 1.82) is 0 Å². The van der Waals surface area contributed by atoms with Gasteiger partial charge in [-0.3, -0.25) is 14.6 Å². The van der Waals surface area contributed by atoms with Crippen molar-refractivity contribution < 1.29 is 19.2 Å². The van der Waals surface area contributed by atoms with Crippen LogP contribution in [0.15, 0.2) is 42.6 Å². The fourth-order valence-corrected chi connectivity index (χ4v) is 2.83. The van der Waals surface area contributed by atoms with Gasteiger partial charge in [-0.25, -0.2) is 4.79 Å². The minimum Gasteiger partial charge on any atom is -0.348 e. The van der Waals surface area contributed by atoms with E-state index in [1.807, 2.05) is 19.9 Å². The molecule has 0 spiro atoms. The van der Waals surface area contributed by atoms with Gasteiger partial charge in [0.05, 0.1) is 22.2 Å². The summed E-state index contributed by atoms with van der Waals surface area (Å²) in [4.78, 5) is 49.2. The van der Waals surface area contributed by atoms with Gasteiger partial charge in [-0.2, -0.15) is 0 Å². The van der Waals surface area contributed by atoms with Crippen LogP contribution in [0.1, 0.15) is 56.5 Å². The lowest BCUT2D eigenvalue weighted by molar-refractivity contribution is -0.0587. The number of H-pyrrole nitrogens is 1. The lowest BCUT2D eigenvalue weighted by atomic mass is 10.1. The van der Waals surface area contributed by atoms with Crippen LogP contribution < -0.4 is 0 Å². The predicted octanol–water partition coefficient (Wildman–Crippen LogP) is 3.05. The molecule has 0 unspecified atom stereocenters. The second kappa shape index (κ2) is 5.80. The number of aromatic amines is 1. The number of hydroxylamine groups is 2. The van der Waals surface area contributed by atoms with Gasteiger partial charge in [-0.15, -0.1) is 0 Å². The maximum absolute atomic E-state index is 12.4. The van der Waals surface area contributed by atoms with Gasteiger partial charge in [0.25, 0.3) is 11.8 Å². The first-order chi connectivity index (χ1) is 12.5. The third kappa shape index (κ3) is 2.45. The fraction of sp³-hybridized carbons (Fsp3) is 0.158. The number of nitrogens with one attached hydrogen (secondary N) is 1. The highest BCUT2D eigenvalue weighted by Crippen LogP contribution is 2.24. The third-order valence-corrected chi connectivity index (χ3v) is 4.31. The van der Waals surface area contributed by atoms with Crippen LogP contribution in [0, 0.1) is 0 Å². The minimum atomic E-state index is -0.830. The van der Waals surface area contributed by atoms with Crippen molar-refractivity contribution >= 4 is 28.8 Å². The Morgan fingerprint density at radius 3 is 2.38 bits per heavy atom. The molecule has 26 heavy (non-hydrogen) atoms. The van der Waals surface area contributed by atoms with Gasteiger partial charge in [0.2, 0.25) is 0 Å². The minimum absolute atomic E-state index is 0.116. The van der Waals surface area contributed by atoms with Crippen LogP contribution in [0.3, 0.4) is 0 Å². The molecule has 3 heterocycles. The van der Waals surface area contributed by atoms with Crippen LogP contribution in [-0.2, 0) is 4.84 Å². The smallest absolute Gasteiger partial charge is 0.348 e. The summed E-state index contributed by atoms with van der Waals surface area (Å²) < 4.78 is 0. The molecular formula is C19H15N3O4. The molecule has 3 aromatic rings. The van der Waals surface area contributed by atoms with Crippen molar-refractivity contribution in [3.8, 4) is 0 Å². The molecule has 7 nitrogen and oxygen atoms in total. The third-order valence-electron chi connectivity index (χ3n) is 4.31. The van der Waals surface area contributed by atoms with Gasteiger partial charge in [0, 0.05) is 6.20 Å². The van der Waals surface area contributed by atoms with E-state index in [-0.39, 0.29) is 16.8 Å². The van der Waals surface area contributed by atoms with Crippen molar-refractivity contribution in [3.63, 3.8) is 0 Å². The first-order valence-electron chi connectivity index (χ1n) is 8.14. The Morgan fingerprint density at radius 2 is 1.77 bits per heavy atom. The second-order valence-electron chi connectivity index (χ2n) is 6.37. The first-order valence-corrected chi connectivity index (χ1v) is 8.14. The molecule has 1 aliphatic rings. The van der Waals surface area contributed by atoms with E-state index < -0.39 is 17.8 Å². The summed E-state index contributed by atoms with van der Waals surface area (Å²) in [6.07, 6.45) is 1.75. The van der Waals surface area contributed by atoms with Gasteiger partial charge in [-0.1, -0.05) is 31.0 Å². The number of aromatic nitrogens is 2. The van der Waals surface area contributed by atoms with Gasteiger partial charge < -0.3 is 9.82 Å². The SMILES string of the molecule is CC(C)c1cnc2cc(C(=O)ON3C(=O)c4ccccc4C3=O)[nH]c2c1. The van der Waals surface area contributed by atoms with Crippen LogP contribution >= 0.6 is 0 Å². The van der Waals surface area contributed by atoms with Crippen LogP contribution in [-0.4, -0.2) is 32.8 Å². The Labute approximate surface area is 148 Å². The van der Waals surface area contributed by atoms with E-state index in [9.17, 15) is 14.4 Å². The number of imide groups is 1. The number of carbonyl (C=O) groups is 3. The topological polar surface area (TPSA) is 92.4 Å². The van der Waals surface area contributed by atoms with E-state index in [1.54, 1.807) is 18.3 Å². The molecule has 0 atom stereocenters. The number of amides is 2. The molecule has 0 saturated carbocycles. The summed E-state index contributed by atoms with van der Waals surface area (Å²) >= 11 is 0. The molecule has 1 N–H and O–H groups in total. The standard InChI is InChI=1S/C19H15N3O4/c1-10(2)11-7-15-14(20-9-11)8-16(21-15)19(25)26-22-17(23)12-5-3-4-6-13(12)18(22)24/h3-10,21H,1-2H3.